The number of carbonyl (C=O) groups excluding carboxylic acids is 3. The third-order valence-electron chi connectivity index (χ3n) is 8.56. The fourth-order valence-corrected chi connectivity index (χ4v) is 7.23. The lowest BCUT2D eigenvalue weighted by Crippen LogP contribution is -2.57. The molecule has 4 aliphatic rings. The number of nitrogens with zero attached hydrogens (tertiary/aromatic N) is 1. The molecule has 5 atom stereocenters. The zero-order valence-electron chi connectivity index (χ0n) is 17.6. The van der Waals surface area contributed by atoms with Crippen LogP contribution >= 0.6 is 11.6 Å². The monoisotopic (exact) mass is 425 g/mol. The van der Waals surface area contributed by atoms with Crippen LogP contribution in [0.4, 0.5) is 0 Å². The largest absolute Gasteiger partial charge is 0.311 e. The predicted molar refractivity (Wildman–Crippen MR) is 114 cm³/mol. The number of ketones is 2. The van der Waals surface area contributed by atoms with E-state index in [4.69, 9.17) is 11.6 Å². The Labute approximate surface area is 182 Å². The van der Waals surface area contributed by atoms with Gasteiger partial charge in [0.15, 0.2) is 0 Å². The molecule has 1 aliphatic heterocycles. The van der Waals surface area contributed by atoms with Crippen molar-refractivity contribution in [3.63, 3.8) is 0 Å². The summed E-state index contributed by atoms with van der Waals surface area (Å²) in [7, 11) is 0. The van der Waals surface area contributed by atoms with E-state index in [0.717, 1.165) is 24.1 Å². The molecule has 0 spiro atoms. The number of allylic oxidation sites excluding steroid dienone is 2. The quantitative estimate of drug-likeness (QED) is 0.673. The number of fused-ring (bicyclic) bond motifs is 5. The minimum atomic E-state index is -0.484. The molecule has 30 heavy (non-hydrogen) atoms. The molecule has 2 saturated carbocycles. The predicted octanol–water partition coefficient (Wildman–Crippen LogP) is 4.95. The zero-order valence-corrected chi connectivity index (χ0v) is 18.4. The highest BCUT2D eigenvalue weighted by atomic mass is 35.5. The second kappa shape index (κ2) is 6.78. The number of Topliss-reactive ketones (excluding diaryl/α,β-unsaturated/α-hetero) is 2. The Bertz CT molecular complexity index is 984. The van der Waals surface area contributed by atoms with Gasteiger partial charge in [-0.25, -0.2) is 0 Å². The minimum absolute atomic E-state index is 0.0984. The Morgan fingerprint density at radius 2 is 1.87 bits per heavy atom. The van der Waals surface area contributed by atoms with E-state index in [-0.39, 0.29) is 40.6 Å². The number of rotatable bonds is 2. The third kappa shape index (κ3) is 2.69. The van der Waals surface area contributed by atoms with E-state index in [1.807, 2.05) is 36.1 Å². The van der Waals surface area contributed by atoms with Crippen LogP contribution in [0.1, 0.15) is 57.9 Å². The van der Waals surface area contributed by atoms with E-state index < -0.39 is 5.41 Å². The van der Waals surface area contributed by atoms with Crippen molar-refractivity contribution < 1.29 is 14.4 Å². The van der Waals surface area contributed by atoms with Crippen molar-refractivity contribution in [2.24, 2.45) is 28.6 Å². The Morgan fingerprint density at radius 3 is 2.63 bits per heavy atom. The maximum Gasteiger partial charge on any atom is 0.227 e. The number of benzene rings is 1. The van der Waals surface area contributed by atoms with Gasteiger partial charge in [0.1, 0.15) is 11.6 Å². The molecule has 0 N–H and O–H groups in total. The molecule has 158 valence electrons. The van der Waals surface area contributed by atoms with Crippen molar-refractivity contribution in [1.29, 1.82) is 0 Å². The first-order chi connectivity index (χ1) is 14.3. The highest BCUT2D eigenvalue weighted by Crippen LogP contribution is 2.62. The second-order valence-electron chi connectivity index (χ2n) is 10.1. The summed E-state index contributed by atoms with van der Waals surface area (Å²) in [5, 5.41) is 0.654. The highest BCUT2D eigenvalue weighted by Gasteiger charge is 2.62. The van der Waals surface area contributed by atoms with Gasteiger partial charge in [0, 0.05) is 46.7 Å². The fraction of sp³-hybridized carbons (Fsp3) is 0.560. The lowest BCUT2D eigenvalue weighted by atomic mass is 9.49. The van der Waals surface area contributed by atoms with E-state index in [0.29, 0.717) is 37.3 Å². The topological polar surface area (TPSA) is 54.5 Å². The first kappa shape index (κ1) is 20.0. The molecule has 0 aromatic heterocycles. The van der Waals surface area contributed by atoms with E-state index in [2.05, 4.69) is 13.0 Å². The molecule has 3 aliphatic carbocycles. The van der Waals surface area contributed by atoms with Gasteiger partial charge < -0.3 is 4.90 Å². The van der Waals surface area contributed by atoms with Gasteiger partial charge in [0.25, 0.3) is 0 Å². The van der Waals surface area contributed by atoms with Crippen molar-refractivity contribution in [2.75, 3.05) is 0 Å². The molecule has 1 saturated heterocycles. The lowest BCUT2D eigenvalue weighted by Gasteiger charge is -2.56. The molecule has 1 unspecified atom stereocenters. The maximum absolute atomic E-state index is 13.5. The van der Waals surface area contributed by atoms with Gasteiger partial charge >= 0.3 is 0 Å². The zero-order chi connectivity index (χ0) is 21.3. The number of hydrogen-bond acceptors (Lipinski definition) is 3. The maximum atomic E-state index is 13.5. The average molecular weight is 426 g/mol. The average Bonchev–Trinajstić information content (AvgIpc) is 3.00. The Balaban J connectivity index is 1.54. The summed E-state index contributed by atoms with van der Waals surface area (Å²) in [5.74, 6) is 0.945. The minimum Gasteiger partial charge on any atom is -0.311 e. The van der Waals surface area contributed by atoms with Gasteiger partial charge in [-0.1, -0.05) is 49.7 Å². The van der Waals surface area contributed by atoms with Gasteiger partial charge in [-0.15, -0.1) is 0 Å². The van der Waals surface area contributed by atoms with Crippen LogP contribution in [0.15, 0.2) is 36.0 Å². The van der Waals surface area contributed by atoms with Crippen LogP contribution in [0.2, 0.25) is 5.02 Å². The number of likely N-dealkylation sites (tertiary alicyclic amines) is 1. The van der Waals surface area contributed by atoms with Crippen molar-refractivity contribution in [1.82, 2.24) is 4.90 Å². The van der Waals surface area contributed by atoms with Gasteiger partial charge in [-0.05, 0) is 42.7 Å². The number of hydrogen-bond donors (Lipinski definition) is 0. The van der Waals surface area contributed by atoms with E-state index >= 15 is 0 Å². The van der Waals surface area contributed by atoms with Crippen molar-refractivity contribution >= 4 is 29.1 Å². The first-order valence-corrected chi connectivity index (χ1v) is 11.4. The number of amides is 1. The van der Waals surface area contributed by atoms with Crippen LogP contribution in [0.3, 0.4) is 0 Å². The SMILES string of the molecule is C[C@]12CCC(=O)N(Cc3ccccc3Cl)C1=CCC1[C@@H]2C(=O)C[C@]2(C)C(=O)CC[C@@H]12. The van der Waals surface area contributed by atoms with Crippen LogP contribution < -0.4 is 0 Å². The number of carbonyl (C=O) groups is 3. The van der Waals surface area contributed by atoms with Gasteiger partial charge in [-0.3, -0.25) is 14.4 Å². The molecular weight excluding hydrogens is 398 g/mol. The van der Waals surface area contributed by atoms with E-state index in [1.165, 1.54) is 0 Å². The third-order valence-corrected chi connectivity index (χ3v) is 8.93. The summed E-state index contributed by atoms with van der Waals surface area (Å²) in [4.78, 5) is 40.9. The molecule has 0 bridgehead atoms. The molecule has 1 aromatic rings. The van der Waals surface area contributed by atoms with Crippen LogP contribution in [-0.2, 0) is 20.9 Å². The molecule has 5 rings (SSSR count). The van der Waals surface area contributed by atoms with E-state index in [9.17, 15) is 14.4 Å². The molecular formula is C25H28ClNO3. The summed E-state index contributed by atoms with van der Waals surface area (Å²) >= 11 is 6.38. The Kier molecular flexibility index (Phi) is 4.52. The Hall–Kier alpha value is -1.94. The molecule has 0 radical (unpaired) electrons. The smallest absolute Gasteiger partial charge is 0.227 e. The molecule has 4 nitrogen and oxygen atoms in total. The molecule has 1 heterocycles. The van der Waals surface area contributed by atoms with Crippen LogP contribution in [-0.4, -0.2) is 22.4 Å². The van der Waals surface area contributed by atoms with Crippen molar-refractivity contribution in [2.45, 2.75) is 58.9 Å². The fourth-order valence-electron chi connectivity index (χ4n) is 7.03. The second-order valence-corrected chi connectivity index (χ2v) is 10.5. The Morgan fingerprint density at radius 1 is 1.10 bits per heavy atom. The molecule has 1 amide bonds. The summed E-state index contributed by atoms with van der Waals surface area (Å²) in [6, 6.07) is 7.62. The first-order valence-electron chi connectivity index (χ1n) is 11.1. The normalized spacial score (nSPS) is 38.1. The molecule has 1 aromatic carbocycles. The van der Waals surface area contributed by atoms with Crippen LogP contribution in [0, 0.1) is 28.6 Å². The van der Waals surface area contributed by atoms with Gasteiger partial charge in [0.2, 0.25) is 5.91 Å². The molecule has 5 heteroatoms. The van der Waals surface area contributed by atoms with Crippen LogP contribution in [0.25, 0.3) is 0 Å². The summed E-state index contributed by atoms with van der Waals surface area (Å²) in [5.41, 5.74) is 1.06. The van der Waals surface area contributed by atoms with Crippen LogP contribution in [0.5, 0.6) is 0 Å². The highest BCUT2D eigenvalue weighted by molar-refractivity contribution is 6.31. The number of halogens is 1. The van der Waals surface area contributed by atoms with Crippen molar-refractivity contribution in [3.8, 4) is 0 Å². The lowest BCUT2D eigenvalue weighted by molar-refractivity contribution is -0.152. The summed E-state index contributed by atoms with van der Waals surface area (Å²) in [6.07, 6.45) is 5.95. The standard InChI is InChI=1S/C25H28ClNO3/c1-24-12-11-22(30)27(14-15-5-3-4-6-18(15)26)20(24)9-7-16-17-8-10-21(29)25(17,2)13-19(28)23(16)24/h3-6,9,16-17,23H,7-8,10-14H2,1-2H3/t16?,17-,23+,24-,25-/m0/s1. The summed E-state index contributed by atoms with van der Waals surface area (Å²) < 4.78 is 0. The van der Waals surface area contributed by atoms with E-state index in [1.54, 1.807) is 0 Å². The number of piperidine rings is 1. The van der Waals surface area contributed by atoms with Gasteiger partial charge in [0.05, 0.1) is 6.54 Å². The van der Waals surface area contributed by atoms with Gasteiger partial charge in [-0.2, -0.15) is 0 Å². The van der Waals surface area contributed by atoms with Crippen molar-refractivity contribution in [3.05, 3.63) is 46.6 Å². The molecule has 3 fully saturated rings. The summed E-state index contributed by atoms with van der Waals surface area (Å²) in [6.45, 7) is 4.61.